The zero-order valence-corrected chi connectivity index (χ0v) is 23.0. The molecule has 6 aromatic carbocycles. The third kappa shape index (κ3) is 4.63. The Labute approximate surface area is 247 Å². The molecule has 5 nitrogen and oxygen atoms in total. The van der Waals surface area contributed by atoms with Crippen molar-refractivity contribution in [3.63, 3.8) is 0 Å². The summed E-state index contributed by atoms with van der Waals surface area (Å²) in [7, 11) is 0. The van der Waals surface area contributed by atoms with Gasteiger partial charge in [-0.3, -0.25) is 4.79 Å². The average Bonchev–Trinajstić information content (AvgIpc) is 3.07. The second-order valence-corrected chi connectivity index (χ2v) is 10.6. The third-order valence-corrected chi connectivity index (χ3v) is 7.86. The molecule has 2 aromatic heterocycles. The monoisotopic (exact) mass is 552 g/mol. The number of nitrogens with zero attached hydrogens (tertiary/aromatic N) is 3. The number of aromatic nitrogens is 4. The number of rotatable bonds is 4. The number of para-hydroxylation sites is 1. The zero-order chi connectivity index (χ0) is 28.8. The maximum absolute atomic E-state index is 12.9. The summed E-state index contributed by atoms with van der Waals surface area (Å²) in [5, 5.41) is 5.56. The third-order valence-electron chi connectivity index (χ3n) is 7.86. The highest BCUT2D eigenvalue weighted by molar-refractivity contribution is 5.88. The van der Waals surface area contributed by atoms with Crippen LogP contribution in [0, 0.1) is 0 Å². The predicted octanol–water partition coefficient (Wildman–Crippen LogP) is 8.69. The first-order chi connectivity index (χ1) is 21.2. The van der Waals surface area contributed by atoms with E-state index in [1.807, 2.05) is 78.9 Å². The number of hydrogen-bond donors (Lipinski definition) is 1. The molecule has 0 unspecified atom stereocenters. The van der Waals surface area contributed by atoms with Crippen molar-refractivity contribution in [2.45, 2.75) is 0 Å². The number of hydrogen-bond acceptors (Lipinski definition) is 4. The van der Waals surface area contributed by atoms with Gasteiger partial charge < -0.3 is 4.98 Å². The van der Waals surface area contributed by atoms with E-state index in [-0.39, 0.29) is 5.56 Å². The van der Waals surface area contributed by atoms with Gasteiger partial charge in [0, 0.05) is 27.8 Å². The Morgan fingerprint density at radius 3 is 1.42 bits per heavy atom. The van der Waals surface area contributed by atoms with Crippen LogP contribution in [0.5, 0.6) is 0 Å². The van der Waals surface area contributed by atoms with Crippen molar-refractivity contribution in [1.29, 1.82) is 0 Å². The maximum Gasteiger partial charge on any atom is 0.256 e. The SMILES string of the molecule is O=c1[nH]c2ccccc2cc1-c1ccc(-c2nc(-c3ccc4ccccc4c3)nc(-c3ccc4ccccc4c3)n2)cc1. The van der Waals surface area contributed by atoms with Gasteiger partial charge in [-0.25, -0.2) is 15.0 Å². The molecule has 8 aromatic rings. The lowest BCUT2D eigenvalue weighted by atomic mass is 10.0. The average molecular weight is 553 g/mol. The molecule has 0 spiro atoms. The van der Waals surface area contributed by atoms with E-state index in [1.165, 1.54) is 0 Å². The normalized spacial score (nSPS) is 11.3. The summed E-state index contributed by atoms with van der Waals surface area (Å²) in [6, 6.07) is 46.6. The summed E-state index contributed by atoms with van der Waals surface area (Å²) >= 11 is 0. The molecule has 0 radical (unpaired) electrons. The Balaban J connectivity index is 1.26. The van der Waals surface area contributed by atoms with Crippen LogP contribution in [0.2, 0.25) is 0 Å². The van der Waals surface area contributed by atoms with Crippen molar-refractivity contribution in [2.24, 2.45) is 0 Å². The van der Waals surface area contributed by atoms with Crippen molar-refractivity contribution < 1.29 is 0 Å². The van der Waals surface area contributed by atoms with Crippen LogP contribution < -0.4 is 5.56 Å². The van der Waals surface area contributed by atoms with E-state index in [1.54, 1.807) is 0 Å². The Morgan fingerprint density at radius 2 is 0.837 bits per heavy atom. The molecule has 0 aliphatic heterocycles. The summed E-state index contributed by atoms with van der Waals surface area (Å²) < 4.78 is 0. The molecule has 0 saturated heterocycles. The topological polar surface area (TPSA) is 71.5 Å². The maximum atomic E-state index is 12.9. The molecular weight excluding hydrogens is 528 g/mol. The minimum atomic E-state index is -0.121. The lowest BCUT2D eigenvalue weighted by Crippen LogP contribution is -2.08. The van der Waals surface area contributed by atoms with Crippen molar-refractivity contribution in [1.82, 2.24) is 19.9 Å². The zero-order valence-electron chi connectivity index (χ0n) is 23.0. The van der Waals surface area contributed by atoms with Crippen LogP contribution in [0.15, 0.2) is 144 Å². The lowest BCUT2D eigenvalue weighted by Gasteiger charge is -2.10. The number of H-pyrrole nitrogens is 1. The quantitative estimate of drug-likeness (QED) is 0.237. The molecule has 0 fully saturated rings. The molecule has 202 valence electrons. The molecule has 0 atom stereocenters. The number of aromatic amines is 1. The van der Waals surface area contributed by atoms with Gasteiger partial charge in [0.1, 0.15) is 0 Å². The van der Waals surface area contributed by atoms with Crippen LogP contribution in [0.1, 0.15) is 0 Å². The number of pyridine rings is 1. The molecule has 0 amide bonds. The van der Waals surface area contributed by atoms with Gasteiger partial charge in [-0.15, -0.1) is 0 Å². The summed E-state index contributed by atoms with van der Waals surface area (Å²) in [6.45, 7) is 0. The Kier molecular flexibility index (Phi) is 5.86. The second-order valence-electron chi connectivity index (χ2n) is 10.6. The van der Waals surface area contributed by atoms with Gasteiger partial charge in [0.15, 0.2) is 17.5 Å². The Morgan fingerprint density at radius 1 is 0.395 bits per heavy atom. The van der Waals surface area contributed by atoms with Gasteiger partial charge in [-0.2, -0.15) is 0 Å². The fourth-order valence-electron chi connectivity index (χ4n) is 5.58. The van der Waals surface area contributed by atoms with Gasteiger partial charge in [0.25, 0.3) is 5.56 Å². The molecular formula is C38H24N4O. The molecule has 43 heavy (non-hydrogen) atoms. The van der Waals surface area contributed by atoms with Gasteiger partial charge in [-0.05, 0) is 56.8 Å². The highest BCUT2D eigenvalue weighted by Crippen LogP contribution is 2.29. The minimum absolute atomic E-state index is 0.121. The van der Waals surface area contributed by atoms with Crippen LogP contribution in [0.4, 0.5) is 0 Å². The van der Waals surface area contributed by atoms with Crippen molar-refractivity contribution in [2.75, 3.05) is 0 Å². The smallest absolute Gasteiger partial charge is 0.256 e. The summed E-state index contributed by atoms with van der Waals surface area (Å²) in [5.41, 5.74) is 4.83. The molecule has 1 N–H and O–H groups in total. The van der Waals surface area contributed by atoms with E-state index in [0.29, 0.717) is 23.0 Å². The number of fused-ring (bicyclic) bond motifs is 3. The molecule has 0 saturated carbocycles. The largest absolute Gasteiger partial charge is 0.321 e. The van der Waals surface area contributed by atoms with Gasteiger partial charge in [-0.1, -0.05) is 115 Å². The van der Waals surface area contributed by atoms with Crippen molar-refractivity contribution >= 4 is 32.4 Å². The van der Waals surface area contributed by atoms with E-state index in [9.17, 15) is 4.79 Å². The van der Waals surface area contributed by atoms with Gasteiger partial charge >= 0.3 is 0 Å². The molecule has 5 heteroatoms. The number of nitrogens with one attached hydrogen (secondary N) is 1. The van der Waals surface area contributed by atoms with Crippen LogP contribution in [0.3, 0.4) is 0 Å². The minimum Gasteiger partial charge on any atom is -0.321 e. The fourth-order valence-corrected chi connectivity index (χ4v) is 5.58. The van der Waals surface area contributed by atoms with Crippen LogP contribution in [-0.4, -0.2) is 19.9 Å². The van der Waals surface area contributed by atoms with E-state index in [0.717, 1.165) is 54.7 Å². The molecule has 8 rings (SSSR count). The molecule has 0 bridgehead atoms. The van der Waals surface area contributed by atoms with Crippen molar-refractivity contribution in [3.05, 3.63) is 150 Å². The molecule has 0 aliphatic carbocycles. The van der Waals surface area contributed by atoms with Crippen LogP contribution in [0.25, 0.3) is 77.7 Å². The fraction of sp³-hybridized carbons (Fsp3) is 0. The van der Waals surface area contributed by atoms with Gasteiger partial charge in [0.2, 0.25) is 0 Å². The highest BCUT2D eigenvalue weighted by atomic mass is 16.1. The van der Waals surface area contributed by atoms with Crippen LogP contribution in [-0.2, 0) is 0 Å². The summed E-state index contributed by atoms with van der Waals surface area (Å²) in [5.74, 6) is 1.78. The Bertz CT molecular complexity index is 2280. The number of benzene rings is 6. The van der Waals surface area contributed by atoms with E-state index in [4.69, 9.17) is 15.0 Å². The van der Waals surface area contributed by atoms with Gasteiger partial charge in [0.05, 0.1) is 0 Å². The van der Waals surface area contributed by atoms with E-state index >= 15 is 0 Å². The first kappa shape index (κ1) is 24.8. The predicted molar refractivity (Wildman–Crippen MR) is 175 cm³/mol. The summed E-state index contributed by atoms with van der Waals surface area (Å²) in [4.78, 5) is 30.7. The standard InChI is InChI=1S/C38H24N4O/c43-38-33(23-30-11-5-6-12-34(30)39-38)26-15-17-27(18-16-26)35-40-36(31-19-13-24-7-1-3-9-28(24)21-31)42-37(41-35)32-20-14-25-8-2-4-10-29(25)22-32/h1-23H,(H,39,43). The molecule has 0 aliphatic rings. The molecule has 2 heterocycles. The van der Waals surface area contributed by atoms with Crippen molar-refractivity contribution in [3.8, 4) is 45.3 Å². The first-order valence-electron chi connectivity index (χ1n) is 14.2. The Hall–Kier alpha value is -5.94. The lowest BCUT2D eigenvalue weighted by molar-refractivity contribution is 1.08. The van der Waals surface area contributed by atoms with E-state index < -0.39 is 0 Å². The summed E-state index contributed by atoms with van der Waals surface area (Å²) in [6.07, 6.45) is 0. The van der Waals surface area contributed by atoms with E-state index in [2.05, 4.69) is 65.6 Å². The highest BCUT2D eigenvalue weighted by Gasteiger charge is 2.14. The first-order valence-corrected chi connectivity index (χ1v) is 14.2. The second kappa shape index (κ2) is 10.2. The van der Waals surface area contributed by atoms with Crippen LogP contribution >= 0.6 is 0 Å².